The second kappa shape index (κ2) is 5.97. The van der Waals surface area contributed by atoms with Gasteiger partial charge in [0.1, 0.15) is 0 Å². The van der Waals surface area contributed by atoms with Crippen LogP contribution in [-0.2, 0) is 14.8 Å². The van der Waals surface area contributed by atoms with Crippen molar-refractivity contribution < 1.29 is 13.2 Å². The molecule has 3 rings (SSSR count). The fourth-order valence-corrected chi connectivity index (χ4v) is 3.70. The summed E-state index contributed by atoms with van der Waals surface area (Å²) in [7, 11) is -3.73. The molecule has 0 unspecified atom stereocenters. The Kier molecular flexibility index (Phi) is 3.98. The van der Waals surface area contributed by atoms with E-state index in [1.807, 2.05) is 0 Å². The summed E-state index contributed by atoms with van der Waals surface area (Å²) in [6.45, 7) is 3.08. The van der Waals surface area contributed by atoms with Crippen LogP contribution < -0.4 is 10.0 Å². The fraction of sp³-hybridized carbons (Fsp3) is 0.125. The summed E-state index contributed by atoms with van der Waals surface area (Å²) in [6.07, 6.45) is 3.32. The zero-order valence-corrected chi connectivity index (χ0v) is 14.0. The molecule has 2 heterocycles. The van der Waals surface area contributed by atoms with E-state index in [9.17, 15) is 13.2 Å². The summed E-state index contributed by atoms with van der Waals surface area (Å²) in [5, 5.41) is 6.69. The molecule has 1 aromatic carbocycles. The second-order valence-electron chi connectivity index (χ2n) is 5.38. The minimum absolute atomic E-state index is 0.157. The molecule has 3 aromatic rings. The maximum Gasteiger partial charge on any atom is 0.262 e. The molecule has 0 saturated carbocycles. The predicted octanol–water partition coefficient (Wildman–Crippen LogP) is 2.40. The first kappa shape index (κ1) is 16.0. The SMILES string of the molecule is CC(=O)Nc1ccc(S(=O)(=O)Nc2ccn3nccc3c2)c(C)c1. The molecule has 0 saturated heterocycles. The number of hydrogen-bond acceptors (Lipinski definition) is 4. The number of carbonyl (C=O) groups is 1. The Bertz CT molecular complexity index is 1020. The van der Waals surface area contributed by atoms with E-state index in [0.29, 0.717) is 16.9 Å². The summed E-state index contributed by atoms with van der Waals surface area (Å²) in [6, 6.07) is 9.77. The van der Waals surface area contributed by atoms with E-state index in [1.165, 1.54) is 13.0 Å². The van der Waals surface area contributed by atoms with Crippen LogP contribution in [0.15, 0.2) is 53.7 Å². The van der Waals surface area contributed by atoms with Crippen LogP contribution in [-0.4, -0.2) is 23.9 Å². The molecule has 1 amide bonds. The first-order valence-corrected chi connectivity index (χ1v) is 8.68. The molecule has 0 atom stereocenters. The Morgan fingerprint density at radius 2 is 1.92 bits per heavy atom. The van der Waals surface area contributed by atoms with Gasteiger partial charge in [0.15, 0.2) is 0 Å². The van der Waals surface area contributed by atoms with Crippen molar-refractivity contribution in [1.29, 1.82) is 0 Å². The van der Waals surface area contributed by atoms with E-state index >= 15 is 0 Å². The third-order valence-electron chi connectivity index (χ3n) is 3.44. The van der Waals surface area contributed by atoms with Gasteiger partial charge in [0, 0.05) is 25.0 Å². The number of aromatic nitrogens is 2. The van der Waals surface area contributed by atoms with Gasteiger partial charge < -0.3 is 5.32 Å². The molecule has 7 nitrogen and oxygen atoms in total. The number of carbonyl (C=O) groups excluding carboxylic acids is 1. The van der Waals surface area contributed by atoms with Crippen LogP contribution in [0.5, 0.6) is 0 Å². The molecule has 2 N–H and O–H groups in total. The van der Waals surface area contributed by atoms with Crippen molar-refractivity contribution in [2.75, 3.05) is 10.0 Å². The van der Waals surface area contributed by atoms with Crippen molar-refractivity contribution >= 4 is 32.8 Å². The number of nitrogens with one attached hydrogen (secondary N) is 2. The highest BCUT2D eigenvalue weighted by Gasteiger charge is 2.17. The molecule has 0 aliphatic heterocycles. The van der Waals surface area contributed by atoms with Crippen LogP contribution in [0.1, 0.15) is 12.5 Å². The third-order valence-corrected chi connectivity index (χ3v) is 4.98. The lowest BCUT2D eigenvalue weighted by atomic mass is 10.2. The number of pyridine rings is 1. The monoisotopic (exact) mass is 344 g/mol. The number of aryl methyl sites for hydroxylation is 1. The summed E-state index contributed by atoms with van der Waals surface area (Å²) in [4.78, 5) is 11.2. The lowest BCUT2D eigenvalue weighted by Crippen LogP contribution is -2.15. The fourth-order valence-electron chi connectivity index (χ4n) is 2.43. The van der Waals surface area contributed by atoms with E-state index in [2.05, 4.69) is 15.1 Å². The van der Waals surface area contributed by atoms with Gasteiger partial charge >= 0.3 is 0 Å². The van der Waals surface area contributed by atoms with Gasteiger partial charge in [0.2, 0.25) is 5.91 Å². The van der Waals surface area contributed by atoms with Gasteiger partial charge in [-0.3, -0.25) is 9.52 Å². The van der Waals surface area contributed by atoms with Gasteiger partial charge in [-0.1, -0.05) is 0 Å². The van der Waals surface area contributed by atoms with Gasteiger partial charge in [0.05, 0.1) is 16.1 Å². The maximum atomic E-state index is 12.6. The largest absolute Gasteiger partial charge is 0.326 e. The molecular formula is C16H16N4O3S. The maximum absolute atomic E-state index is 12.6. The number of hydrogen-bond donors (Lipinski definition) is 2. The molecule has 8 heteroatoms. The van der Waals surface area contributed by atoms with Crippen molar-refractivity contribution in [2.24, 2.45) is 0 Å². The van der Waals surface area contributed by atoms with Crippen LogP contribution in [0.4, 0.5) is 11.4 Å². The molecule has 0 radical (unpaired) electrons. The van der Waals surface area contributed by atoms with Gasteiger partial charge in [-0.25, -0.2) is 12.9 Å². The van der Waals surface area contributed by atoms with Crippen LogP contribution in [0.3, 0.4) is 0 Å². The Morgan fingerprint density at radius 1 is 1.12 bits per heavy atom. The first-order chi connectivity index (χ1) is 11.3. The molecule has 0 fully saturated rings. The zero-order valence-electron chi connectivity index (χ0n) is 13.1. The third kappa shape index (κ3) is 3.23. The van der Waals surface area contributed by atoms with E-state index < -0.39 is 10.0 Å². The summed E-state index contributed by atoms with van der Waals surface area (Å²) >= 11 is 0. The minimum atomic E-state index is -3.73. The highest BCUT2D eigenvalue weighted by molar-refractivity contribution is 7.92. The zero-order chi connectivity index (χ0) is 17.3. The van der Waals surface area contributed by atoms with Gasteiger partial charge in [-0.15, -0.1) is 0 Å². The number of nitrogens with zero attached hydrogens (tertiary/aromatic N) is 2. The van der Waals surface area contributed by atoms with Crippen LogP contribution in [0.25, 0.3) is 5.52 Å². The van der Waals surface area contributed by atoms with Gasteiger partial charge in [0.25, 0.3) is 10.0 Å². The lowest BCUT2D eigenvalue weighted by molar-refractivity contribution is -0.114. The molecule has 0 bridgehead atoms. The molecule has 24 heavy (non-hydrogen) atoms. The minimum Gasteiger partial charge on any atom is -0.326 e. The highest BCUT2D eigenvalue weighted by Crippen LogP contribution is 2.23. The topological polar surface area (TPSA) is 92.6 Å². The molecule has 0 aliphatic rings. The first-order valence-electron chi connectivity index (χ1n) is 7.20. The quantitative estimate of drug-likeness (QED) is 0.760. The summed E-state index contributed by atoms with van der Waals surface area (Å²) in [5.74, 6) is -0.211. The van der Waals surface area contributed by atoms with E-state index in [4.69, 9.17) is 0 Å². The highest BCUT2D eigenvalue weighted by atomic mass is 32.2. The molecule has 0 spiro atoms. The number of anilines is 2. The molecule has 124 valence electrons. The van der Waals surface area contributed by atoms with Crippen LogP contribution in [0.2, 0.25) is 0 Å². The second-order valence-corrected chi connectivity index (χ2v) is 7.03. The normalized spacial score (nSPS) is 11.4. The van der Waals surface area contributed by atoms with Crippen molar-refractivity contribution in [2.45, 2.75) is 18.7 Å². The molecule has 0 aliphatic carbocycles. The lowest BCUT2D eigenvalue weighted by Gasteiger charge is -2.12. The van der Waals surface area contributed by atoms with E-state index in [0.717, 1.165) is 5.52 Å². The summed E-state index contributed by atoms with van der Waals surface area (Å²) in [5.41, 5.74) is 2.33. The van der Waals surface area contributed by atoms with Crippen LogP contribution in [0, 0.1) is 6.92 Å². The Balaban J connectivity index is 1.90. The standard InChI is InChI=1S/C16H16N4O3S/c1-11-9-13(18-12(2)21)3-4-16(11)24(22,23)19-14-6-8-20-15(10-14)5-7-17-20/h3-10,19H,1-2H3,(H,18,21). The Labute approximate surface area is 139 Å². The average Bonchev–Trinajstić information content (AvgIpc) is 2.93. The number of sulfonamides is 1. The Hall–Kier alpha value is -2.87. The Morgan fingerprint density at radius 3 is 2.62 bits per heavy atom. The van der Waals surface area contributed by atoms with Crippen molar-refractivity contribution in [3.05, 3.63) is 54.4 Å². The van der Waals surface area contributed by atoms with Crippen LogP contribution >= 0.6 is 0 Å². The average molecular weight is 344 g/mol. The number of fused-ring (bicyclic) bond motifs is 1. The predicted molar refractivity (Wildman–Crippen MR) is 91.5 cm³/mol. The molecular weight excluding hydrogens is 328 g/mol. The smallest absolute Gasteiger partial charge is 0.262 e. The summed E-state index contributed by atoms with van der Waals surface area (Å²) < 4.78 is 29.4. The van der Waals surface area contributed by atoms with Gasteiger partial charge in [-0.2, -0.15) is 5.10 Å². The van der Waals surface area contributed by atoms with Crippen molar-refractivity contribution in [3.63, 3.8) is 0 Å². The van der Waals surface area contributed by atoms with E-state index in [-0.39, 0.29) is 10.8 Å². The number of amides is 1. The number of rotatable bonds is 4. The number of benzene rings is 1. The van der Waals surface area contributed by atoms with Gasteiger partial charge in [-0.05, 0) is 48.9 Å². The van der Waals surface area contributed by atoms with Crippen molar-refractivity contribution in [3.8, 4) is 0 Å². The van der Waals surface area contributed by atoms with Crippen molar-refractivity contribution in [1.82, 2.24) is 9.61 Å². The van der Waals surface area contributed by atoms with E-state index in [1.54, 1.807) is 54.2 Å². The molecule has 2 aromatic heterocycles.